The molecule has 1 aliphatic carbocycles. The van der Waals surface area contributed by atoms with E-state index in [1.807, 2.05) is 13.0 Å². The molecule has 2 rings (SSSR count). The first-order chi connectivity index (χ1) is 7.75. The van der Waals surface area contributed by atoms with E-state index in [1.54, 1.807) is 6.07 Å². The van der Waals surface area contributed by atoms with Gasteiger partial charge in [-0.2, -0.15) is 0 Å². The fourth-order valence-corrected chi connectivity index (χ4v) is 1.71. The Bertz CT molecular complexity index is 348. The van der Waals surface area contributed by atoms with Gasteiger partial charge in [0.25, 0.3) is 0 Å². The summed E-state index contributed by atoms with van der Waals surface area (Å²) in [5, 5.41) is 6.66. The van der Waals surface area contributed by atoms with Gasteiger partial charge in [0, 0.05) is 31.2 Å². The first-order valence-electron chi connectivity index (χ1n) is 5.95. The number of hydrogen-bond donors (Lipinski definition) is 2. The predicted octanol–water partition coefficient (Wildman–Crippen LogP) is 1.98. The summed E-state index contributed by atoms with van der Waals surface area (Å²) in [4.78, 5) is 0. The molecule has 0 unspecified atom stereocenters. The monoisotopic (exact) mass is 222 g/mol. The van der Waals surface area contributed by atoms with Crippen LogP contribution in [0.1, 0.15) is 24.0 Å². The van der Waals surface area contributed by atoms with E-state index in [0.717, 1.165) is 30.3 Å². The fraction of sp³-hybridized carbons (Fsp3) is 0.538. The maximum atomic E-state index is 13.4. The van der Waals surface area contributed by atoms with Crippen LogP contribution in [-0.2, 0) is 6.54 Å². The van der Waals surface area contributed by atoms with Gasteiger partial charge in [-0.25, -0.2) is 4.39 Å². The molecule has 0 radical (unpaired) electrons. The van der Waals surface area contributed by atoms with Gasteiger partial charge in [0.2, 0.25) is 0 Å². The van der Waals surface area contributed by atoms with Crippen LogP contribution < -0.4 is 10.6 Å². The molecule has 1 aromatic carbocycles. The molecule has 1 aliphatic rings. The van der Waals surface area contributed by atoms with E-state index in [2.05, 4.69) is 10.6 Å². The van der Waals surface area contributed by atoms with Gasteiger partial charge in [0.1, 0.15) is 5.82 Å². The molecule has 0 bridgehead atoms. The Hall–Kier alpha value is -0.930. The number of benzene rings is 1. The first kappa shape index (κ1) is 11.6. The lowest BCUT2D eigenvalue weighted by Gasteiger charge is -2.07. The van der Waals surface area contributed by atoms with Crippen LogP contribution in [0.15, 0.2) is 18.2 Å². The van der Waals surface area contributed by atoms with Gasteiger partial charge in [0.05, 0.1) is 0 Å². The molecule has 0 spiro atoms. The highest BCUT2D eigenvalue weighted by molar-refractivity contribution is 5.23. The summed E-state index contributed by atoms with van der Waals surface area (Å²) in [5.41, 5.74) is 1.86. The van der Waals surface area contributed by atoms with E-state index in [4.69, 9.17) is 0 Å². The van der Waals surface area contributed by atoms with E-state index in [1.165, 1.54) is 18.9 Å². The molecule has 0 saturated heterocycles. The van der Waals surface area contributed by atoms with Crippen molar-refractivity contribution >= 4 is 0 Å². The van der Waals surface area contributed by atoms with E-state index in [-0.39, 0.29) is 5.82 Å². The zero-order valence-corrected chi connectivity index (χ0v) is 9.72. The predicted molar refractivity (Wildman–Crippen MR) is 63.9 cm³/mol. The van der Waals surface area contributed by atoms with Crippen LogP contribution >= 0.6 is 0 Å². The average Bonchev–Trinajstić information content (AvgIpc) is 3.06. The topological polar surface area (TPSA) is 24.1 Å². The van der Waals surface area contributed by atoms with Crippen LogP contribution in [0.25, 0.3) is 0 Å². The molecular formula is C13H19FN2. The van der Waals surface area contributed by atoms with Crippen LogP contribution in [-0.4, -0.2) is 19.1 Å². The summed E-state index contributed by atoms with van der Waals surface area (Å²) in [6.45, 7) is 4.46. The molecular weight excluding hydrogens is 203 g/mol. The normalized spacial score (nSPS) is 15.4. The zero-order valence-electron chi connectivity index (χ0n) is 9.72. The molecule has 0 amide bonds. The third kappa shape index (κ3) is 3.58. The lowest BCUT2D eigenvalue weighted by molar-refractivity contribution is 0.572. The van der Waals surface area contributed by atoms with Gasteiger partial charge in [-0.05, 0) is 25.8 Å². The van der Waals surface area contributed by atoms with E-state index < -0.39 is 0 Å². The van der Waals surface area contributed by atoms with Gasteiger partial charge in [0.15, 0.2) is 0 Å². The number of hydrogen-bond acceptors (Lipinski definition) is 2. The quantitative estimate of drug-likeness (QED) is 0.719. The Morgan fingerprint density at radius 3 is 2.88 bits per heavy atom. The zero-order chi connectivity index (χ0) is 11.4. The summed E-state index contributed by atoms with van der Waals surface area (Å²) in [6, 6.07) is 5.98. The van der Waals surface area contributed by atoms with E-state index >= 15 is 0 Å². The molecule has 0 aliphatic heterocycles. The number of rotatable bonds is 6. The highest BCUT2D eigenvalue weighted by Crippen LogP contribution is 2.17. The highest BCUT2D eigenvalue weighted by Gasteiger charge is 2.19. The summed E-state index contributed by atoms with van der Waals surface area (Å²) < 4.78 is 13.4. The SMILES string of the molecule is Cc1ccc(F)c(CNCCNC2CC2)c1. The summed E-state index contributed by atoms with van der Waals surface area (Å²) in [7, 11) is 0. The molecule has 16 heavy (non-hydrogen) atoms. The second-order valence-corrected chi connectivity index (χ2v) is 4.50. The Labute approximate surface area is 96.2 Å². The molecule has 3 heteroatoms. The standard InChI is InChI=1S/C13H19FN2/c1-10-2-5-13(14)11(8-10)9-15-6-7-16-12-3-4-12/h2,5,8,12,15-16H,3-4,6-7,9H2,1H3. The number of aryl methyl sites for hydroxylation is 1. The lowest BCUT2D eigenvalue weighted by atomic mass is 10.1. The number of halogens is 1. The van der Waals surface area contributed by atoms with Crippen LogP contribution in [0.2, 0.25) is 0 Å². The second-order valence-electron chi connectivity index (χ2n) is 4.50. The van der Waals surface area contributed by atoms with Crippen LogP contribution in [0, 0.1) is 12.7 Å². The largest absolute Gasteiger partial charge is 0.313 e. The van der Waals surface area contributed by atoms with Gasteiger partial charge >= 0.3 is 0 Å². The van der Waals surface area contributed by atoms with Crippen LogP contribution in [0.5, 0.6) is 0 Å². The van der Waals surface area contributed by atoms with Crippen molar-refractivity contribution in [1.82, 2.24) is 10.6 Å². The van der Waals surface area contributed by atoms with E-state index in [0.29, 0.717) is 6.54 Å². The smallest absolute Gasteiger partial charge is 0.127 e. The minimum atomic E-state index is -0.117. The summed E-state index contributed by atoms with van der Waals surface area (Å²) in [5.74, 6) is -0.117. The fourth-order valence-electron chi connectivity index (χ4n) is 1.71. The molecule has 2 N–H and O–H groups in total. The average molecular weight is 222 g/mol. The van der Waals surface area contributed by atoms with Gasteiger partial charge in [-0.15, -0.1) is 0 Å². The summed E-state index contributed by atoms with van der Waals surface area (Å²) in [6.07, 6.45) is 2.62. The first-order valence-corrected chi connectivity index (χ1v) is 5.95. The molecule has 0 aromatic heterocycles. The van der Waals surface area contributed by atoms with Crippen molar-refractivity contribution < 1.29 is 4.39 Å². The van der Waals surface area contributed by atoms with Crippen molar-refractivity contribution in [3.8, 4) is 0 Å². The Kier molecular flexibility index (Phi) is 3.91. The second kappa shape index (κ2) is 5.41. The van der Waals surface area contributed by atoms with Crippen molar-refractivity contribution in [2.24, 2.45) is 0 Å². The van der Waals surface area contributed by atoms with E-state index in [9.17, 15) is 4.39 Å². The number of nitrogens with one attached hydrogen (secondary N) is 2. The third-order valence-corrected chi connectivity index (χ3v) is 2.83. The molecule has 1 aromatic rings. The molecule has 1 fully saturated rings. The third-order valence-electron chi connectivity index (χ3n) is 2.83. The Balaban J connectivity index is 1.69. The molecule has 0 heterocycles. The minimum Gasteiger partial charge on any atom is -0.313 e. The van der Waals surface area contributed by atoms with Crippen LogP contribution in [0.4, 0.5) is 4.39 Å². The van der Waals surface area contributed by atoms with Crippen molar-refractivity contribution in [3.05, 3.63) is 35.1 Å². The highest BCUT2D eigenvalue weighted by atomic mass is 19.1. The van der Waals surface area contributed by atoms with Crippen LogP contribution in [0.3, 0.4) is 0 Å². The molecule has 2 nitrogen and oxygen atoms in total. The molecule has 1 saturated carbocycles. The Morgan fingerprint density at radius 2 is 2.12 bits per heavy atom. The van der Waals surface area contributed by atoms with Crippen molar-refractivity contribution in [3.63, 3.8) is 0 Å². The van der Waals surface area contributed by atoms with Crippen molar-refractivity contribution in [2.75, 3.05) is 13.1 Å². The molecule has 0 atom stereocenters. The minimum absolute atomic E-state index is 0.117. The van der Waals surface area contributed by atoms with Crippen molar-refractivity contribution in [2.45, 2.75) is 32.4 Å². The van der Waals surface area contributed by atoms with Gasteiger partial charge < -0.3 is 10.6 Å². The maximum absolute atomic E-state index is 13.4. The Morgan fingerprint density at radius 1 is 1.31 bits per heavy atom. The summed E-state index contributed by atoms with van der Waals surface area (Å²) >= 11 is 0. The van der Waals surface area contributed by atoms with Gasteiger partial charge in [-0.1, -0.05) is 17.7 Å². The maximum Gasteiger partial charge on any atom is 0.127 e. The van der Waals surface area contributed by atoms with Gasteiger partial charge in [-0.3, -0.25) is 0 Å². The molecule has 88 valence electrons. The van der Waals surface area contributed by atoms with Crippen molar-refractivity contribution in [1.29, 1.82) is 0 Å². The lowest BCUT2D eigenvalue weighted by Crippen LogP contribution is -2.28.